The first kappa shape index (κ1) is 15.3. The summed E-state index contributed by atoms with van der Waals surface area (Å²) in [6, 6.07) is 5.67. The van der Waals surface area contributed by atoms with E-state index in [1.165, 1.54) is 0 Å². The first-order valence-electron chi connectivity index (χ1n) is 7.60. The van der Waals surface area contributed by atoms with Crippen LogP contribution in [0.2, 0.25) is 0 Å². The van der Waals surface area contributed by atoms with Crippen LogP contribution in [0.5, 0.6) is 0 Å². The van der Waals surface area contributed by atoms with Gasteiger partial charge in [0.25, 0.3) is 5.91 Å². The molecule has 0 bridgehead atoms. The van der Waals surface area contributed by atoms with Gasteiger partial charge in [-0.25, -0.2) is 9.67 Å². The highest BCUT2D eigenvalue weighted by Gasteiger charge is 2.20. The maximum absolute atomic E-state index is 12.8. The highest BCUT2D eigenvalue weighted by molar-refractivity contribution is 6.05. The third-order valence-corrected chi connectivity index (χ3v) is 3.73. The fourth-order valence-electron chi connectivity index (χ4n) is 2.61. The highest BCUT2D eigenvalue weighted by atomic mass is 16.3. The van der Waals surface area contributed by atoms with E-state index in [4.69, 9.17) is 4.42 Å². The van der Waals surface area contributed by atoms with Gasteiger partial charge in [-0.2, -0.15) is 5.10 Å². The van der Waals surface area contributed by atoms with E-state index in [9.17, 15) is 4.79 Å². The molecule has 0 aromatic carbocycles. The molecule has 3 aromatic heterocycles. The van der Waals surface area contributed by atoms with Crippen LogP contribution in [0.15, 0.2) is 35.1 Å². The van der Waals surface area contributed by atoms with Crippen molar-refractivity contribution in [3.63, 3.8) is 0 Å². The molecule has 6 nitrogen and oxygen atoms in total. The SMILES string of the molecule is Cc1cc(C(=O)N(C)Cc2ccco2)c2cnn(C(C)C)c2n1. The molecular formula is C17H20N4O2. The molecule has 0 saturated carbocycles. The van der Waals surface area contributed by atoms with Crippen molar-refractivity contribution in [2.24, 2.45) is 0 Å². The largest absolute Gasteiger partial charge is 0.467 e. The second-order valence-electron chi connectivity index (χ2n) is 5.97. The maximum atomic E-state index is 12.8. The Morgan fingerprint density at radius 1 is 1.43 bits per heavy atom. The molecule has 0 aliphatic heterocycles. The summed E-state index contributed by atoms with van der Waals surface area (Å²) in [4.78, 5) is 19.0. The number of fused-ring (bicyclic) bond motifs is 1. The number of furan rings is 1. The van der Waals surface area contributed by atoms with Gasteiger partial charge in [0, 0.05) is 18.8 Å². The summed E-state index contributed by atoms with van der Waals surface area (Å²) < 4.78 is 7.15. The molecule has 3 aromatic rings. The van der Waals surface area contributed by atoms with Gasteiger partial charge < -0.3 is 9.32 Å². The Morgan fingerprint density at radius 3 is 2.87 bits per heavy atom. The molecule has 3 rings (SSSR count). The third kappa shape index (κ3) is 2.84. The standard InChI is InChI=1S/C17H20N4O2/c1-11(2)21-16-15(9-18-21)14(8-12(3)19-16)17(22)20(4)10-13-6-5-7-23-13/h5-9,11H,10H2,1-4H3. The van der Waals surface area contributed by atoms with Crippen LogP contribution >= 0.6 is 0 Å². The van der Waals surface area contributed by atoms with Gasteiger partial charge in [-0.05, 0) is 39.0 Å². The number of aromatic nitrogens is 3. The summed E-state index contributed by atoms with van der Waals surface area (Å²) in [6.07, 6.45) is 3.32. The van der Waals surface area contributed by atoms with E-state index in [2.05, 4.69) is 10.1 Å². The average molecular weight is 312 g/mol. The van der Waals surface area contributed by atoms with Gasteiger partial charge in [0.2, 0.25) is 0 Å². The van der Waals surface area contributed by atoms with Gasteiger partial charge >= 0.3 is 0 Å². The average Bonchev–Trinajstić information content (AvgIpc) is 3.14. The van der Waals surface area contributed by atoms with Crippen molar-refractivity contribution in [2.75, 3.05) is 7.05 Å². The molecule has 0 aliphatic carbocycles. The molecule has 23 heavy (non-hydrogen) atoms. The maximum Gasteiger partial charge on any atom is 0.254 e. The molecule has 120 valence electrons. The van der Waals surface area contributed by atoms with Gasteiger partial charge in [-0.15, -0.1) is 0 Å². The molecule has 0 radical (unpaired) electrons. The van der Waals surface area contributed by atoms with E-state index in [1.807, 2.05) is 43.7 Å². The normalized spacial score (nSPS) is 11.3. The lowest BCUT2D eigenvalue weighted by atomic mass is 10.1. The molecule has 1 amide bonds. The van der Waals surface area contributed by atoms with E-state index in [1.54, 1.807) is 24.4 Å². The molecule has 0 fully saturated rings. The lowest BCUT2D eigenvalue weighted by Crippen LogP contribution is -2.26. The zero-order chi connectivity index (χ0) is 16.6. The Labute approximate surface area is 134 Å². The number of aryl methyl sites for hydroxylation is 1. The lowest BCUT2D eigenvalue weighted by molar-refractivity contribution is 0.0777. The Hall–Kier alpha value is -2.63. The third-order valence-electron chi connectivity index (χ3n) is 3.73. The summed E-state index contributed by atoms with van der Waals surface area (Å²) >= 11 is 0. The molecule has 0 saturated heterocycles. The number of amides is 1. The second-order valence-corrected chi connectivity index (χ2v) is 5.97. The zero-order valence-corrected chi connectivity index (χ0v) is 13.8. The highest BCUT2D eigenvalue weighted by Crippen LogP contribution is 2.22. The molecule has 0 spiro atoms. The number of hydrogen-bond donors (Lipinski definition) is 0. The Morgan fingerprint density at radius 2 is 2.22 bits per heavy atom. The Balaban J connectivity index is 2.00. The number of carbonyl (C=O) groups is 1. The minimum absolute atomic E-state index is 0.0693. The van der Waals surface area contributed by atoms with Crippen molar-refractivity contribution in [2.45, 2.75) is 33.4 Å². The monoisotopic (exact) mass is 312 g/mol. The first-order chi connectivity index (χ1) is 11.0. The Kier molecular flexibility index (Phi) is 3.90. The summed E-state index contributed by atoms with van der Waals surface area (Å²) in [5, 5.41) is 5.16. The molecule has 0 N–H and O–H groups in total. The summed E-state index contributed by atoms with van der Waals surface area (Å²) in [5.74, 6) is 0.681. The van der Waals surface area contributed by atoms with Gasteiger partial charge in [0.15, 0.2) is 5.65 Å². The Bertz CT molecular complexity index is 834. The topological polar surface area (TPSA) is 64.2 Å². The van der Waals surface area contributed by atoms with Crippen LogP contribution in [-0.2, 0) is 6.54 Å². The van der Waals surface area contributed by atoms with Crippen LogP contribution in [0, 0.1) is 6.92 Å². The lowest BCUT2D eigenvalue weighted by Gasteiger charge is -2.17. The van der Waals surface area contributed by atoms with E-state index >= 15 is 0 Å². The van der Waals surface area contributed by atoms with Crippen molar-refractivity contribution < 1.29 is 9.21 Å². The molecule has 0 unspecified atom stereocenters. The van der Waals surface area contributed by atoms with Crippen molar-refractivity contribution in [1.29, 1.82) is 0 Å². The first-order valence-corrected chi connectivity index (χ1v) is 7.60. The molecular weight excluding hydrogens is 292 g/mol. The number of pyridine rings is 1. The van der Waals surface area contributed by atoms with Crippen LogP contribution in [0.25, 0.3) is 11.0 Å². The van der Waals surface area contributed by atoms with Gasteiger partial charge in [-0.1, -0.05) is 0 Å². The number of nitrogens with zero attached hydrogens (tertiary/aromatic N) is 4. The van der Waals surface area contributed by atoms with Gasteiger partial charge in [0.1, 0.15) is 5.76 Å². The fraction of sp³-hybridized carbons (Fsp3) is 0.353. The van der Waals surface area contributed by atoms with Crippen molar-refractivity contribution in [3.05, 3.63) is 47.7 Å². The molecule has 3 heterocycles. The second kappa shape index (κ2) is 5.87. The predicted molar refractivity (Wildman–Crippen MR) is 87.2 cm³/mol. The number of carbonyl (C=O) groups excluding carboxylic acids is 1. The van der Waals surface area contributed by atoms with Crippen molar-refractivity contribution in [1.82, 2.24) is 19.7 Å². The minimum atomic E-state index is -0.0693. The smallest absolute Gasteiger partial charge is 0.254 e. The van der Waals surface area contributed by atoms with Gasteiger partial charge in [-0.3, -0.25) is 4.79 Å². The van der Waals surface area contributed by atoms with Crippen LogP contribution in [0.1, 0.15) is 41.7 Å². The summed E-state index contributed by atoms with van der Waals surface area (Å²) in [7, 11) is 1.76. The summed E-state index contributed by atoms with van der Waals surface area (Å²) in [6.45, 7) is 6.40. The van der Waals surface area contributed by atoms with E-state index in [0.717, 1.165) is 22.5 Å². The van der Waals surface area contributed by atoms with Gasteiger partial charge in [0.05, 0.1) is 30.0 Å². The van der Waals surface area contributed by atoms with Crippen LogP contribution < -0.4 is 0 Å². The molecule has 6 heteroatoms. The number of hydrogen-bond acceptors (Lipinski definition) is 4. The van der Waals surface area contributed by atoms with Crippen LogP contribution in [-0.4, -0.2) is 32.6 Å². The summed E-state index contributed by atoms with van der Waals surface area (Å²) in [5.41, 5.74) is 2.16. The quantitative estimate of drug-likeness (QED) is 0.742. The number of rotatable bonds is 4. The van der Waals surface area contributed by atoms with Crippen molar-refractivity contribution >= 4 is 16.9 Å². The van der Waals surface area contributed by atoms with Crippen molar-refractivity contribution in [3.8, 4) is 0 Å². The molecule has 0 aliphatic rings. The molecule has 0 atom stereocenters. The fourth-order valence-corrected chi connectivity index (χ4v) is 2.61. The van der Waals surface area contributed by atoms with Crippen LogP contribution in [0.3, 0.4) is 0 Å². The van der Waals surface area contributed by atoms with E-state index in [0.29, 0.717) is 12.1 Å². The van der Waals surface area contributed by atoms with E-state index < -0.39 is 0 Å². The predicted octanol–water partition coefficient (Wildman–Crippen LogP) is 3.19. The van der Waals surface area contributed by atoms with E-state index in [-0.39, 0.29) is 11.9 Å². The minimum Gasteiger partial charge on any atom is -0.467 e. The van der Waals surface area contributed by atoms with Crippen LogP contribution in [0.4, 0.5) is 0 Å². The zero-order valence-electron chi connectivity index (χ0n) is 13.8.